The first kappa shape index (κ1) is 24.5. The molecule has 2 aromatic rings. The lowest BCUT2D eigenvalue weighted by Crippen LogP contribution is -2.38. The van der Waals surface area contributed by atoms with Crippen molar-refractivity contribution in [2.45, 2.75) is 50.7 Å². The van der Waals surface area contributed by atoms with Crippen LogP contribution in [0.15, 0.2) is 54.1 Å². The Balaban J connectivity index is 1.91. The molecule has 1 unspecified atom stereocenters. The molecule has 174 valence electrons. The number of nitrogens with one attached hydrogen (secondary N) is 1. The molecular formula is C25H25F4N3O. The summed E-state index contributed by atoms with van der Waals surface area (Å²) in [5.74, 6) is -0.957. The third-order valence-corrected chi connectivity index (χ3v) is 5.90. The van der Waals surface area contributed by atoms with Crippen LogP contribution < -0.4 is 11.1 Å². The van der Waals surface area contributed by atoms with Crippen molar-refractivity contribution >= 4 is 11.6 Å². The van der Waals surface area contributed by atoms with Crippen molar-refractivity contribution in [3.63, 3.8) is 0 Å². The number of allylic oxidation sites excluding steroid dienone is 1. The lowest BCUT2D eigenvalue weighted by molar-refractivity contribution is -0.125. The predicted octanol–water partition coefficient (Wildman–Crippen LogP) is 5.93. The van der Waals surface area contributed by atoms with E-state index in [9.17, 15) is 22.4 Å². The van der Waals surface area contributed by atoms with Crippen LogP contribution in [0.2, 0.25) is 0 Å². The van der Waals surface area contributed by atoms with Crippen molar-refractivity contribution in [3.05, 3.63) is 76.6 Å². The van der Waals surface area contributed by atoms with E-state index < -0.39 is 29.9 Å². The Morgan fingerprint density at radius 2 is 1.82 bits per heavy atom. The molecule has 1 aliphatic carbocycles. The van der Waals surface area contributed by atoms with Crippen LogP contribution in [0.1, 0.15) is 55.7 Å². The van der Waals surface area contributed by atoms with Crippen LogP contribution in [-0.4, -0.2) is 12.1 Å². The molecule has 0 radical (unpaired) electrons. The molecule has 0 spiro atoms. The maximum Gasteiger partial charge on any atom is 0.392 e. The summed E-state index contributed by atoms with van der Waals surface area (Å²) in [7, 11) is 0. The number of anilines is 1. The topological polar surface area (TPSA) is 78.9 Å². The van der Waals surface area contributed by atoms with Gasteiger partial charge in [-0.1, -0.05) is 37.1 Å². The summed E-state index contributed by atoms with van der Waals surface area (Å²) in [5.41, 5.74) is 7.32. The molecule has 0 saturated heterocycles. The maximum atomic E-state index is 14.5. The van der Waals surface area contributed by atoms with E-state index >= 15 is 0 Å². The van der Waals surface area contributed by atoms with E-state index in [1.165, 1.54) is 19.1 Å². The van der Waals surface area contributed by atoms with Gasteiger partial charge in [-0.3, -0.25) is 4.79 Å². The van der Waals surface area contributed by atoms with E-state index in [1.807, 2.05) is 0 Å². The molecule has 0 aliphatic heterocycles. The first-order valence-corrected chi connectivity index (χ1v) is 10.7. The van der Waals surface area contributed by atoms with Gasteiger partial charge in [0.25, 0.3) is 5.91 Å². The molecular weight excluding hydrogens is 434 g/mol. The van der Waals surface area contributed by atoms with Gasteiger partial charge in [0, 0.05) is 5.57 Å². The largest absolute Gasteiger partial charge is 0.392 e. The summed E-state index contributed by atoms with van der Waals surface area (Å²) in [6, 6.07) is 13.1. The minimum atomic E-state index is -4.44. The minimum Gasteiger partial charge on any atom is -0.320 e. The Labute approximate surface area is 190 Å². The maximum absolute atomic E-state index is 14.5. The summed E-state index contributed by atoms with van der Waals surface area (Å²) >= 11 is 0. The number of carbonyl (C=O) groups excluding carboxylic acids is 1. The lowest BCUT2D eigenvalue weighted by atomic mass is 9.79. The minimum absolute atomic E-state index is 0.160. The number of hydrogen-bond acceptors (Lipinski definition) is 3. The summed E-state index contributed by atoms with van der Waals surface area (Å²) in [4.78, 5) is 12.3. The number of amides is 1. The molecule has 1 atom stereocenters. The highest BCUT2D eigenvalue weighted by Gasteiger charge is 2.33. The number of benzene rings is 2. The van der Waals surface area contributed by atoms with Gasteiger partial charge in [0.1, 0.15) is 5.82 Å². The molecule has 1 amide bonds. The monoisotopic (exact) mass is 459 g/mol. The number of rotatable bonds is 8. The van der Waals surface area contributed by atoms with Crippen LogP contribution in [0.5, 0.6) is 0 Å². The van der Waals surface area contributed by atoms with Gasteiger partial charge in [-0.15, -0.1) is 0 Å². The Bertz CT molecular complexity index is 1080. The average molecular weight is 459 g/mol. The third-order valence-electron chi connectivity index (χ3n) is 5.90. The Kier molecular flexibility index (Phi) is 7.23. The zero-order chi connectivity index (χ0) is 24.2. The van der Waals surface area contributed by atoms with E-state index in [4.69, 9.17) is 11.0 Å². The number of nitrogens with zero attached hydrogens (tertiary/aromatic N) is 1. The zero-order valence-corrected chi connectivity index (χ0v) is 18.2. The van der Waals surface area contributed by atoms with Crippen molar-refractivity contribution in [1.29, 1.82) is 5.26 Å². The number of carbonyl (C=O) groups is 1. The van der Waals surface area contributed by atoms with Gasteiger partial charge in [0.2, 0.25) is 0 Å². The normalized spacial score (nSPS) is 16.1. The van der Waals surface area contributed by atoms with Crippen LogP contribution in [-0.2, 0) is 10.3 Å². The Morgan fingerprint density at radius 1 is 1.18 bits per heavy atom. The Morgan fingerprint density at radius 3 is 2.39 bits per heavy atom. The number of nitrogens with two attached hydrogens (primary N) is 1. The molecule has 2 aromatic carbocycles. The fourth-order valence-corrected chi connectivity index (χ4v) is 3.62. The summed E-state index contributed by atoms with van der Waals surface area (Å²) in [6.45, 7) is 1.24. The van der Waals surface area contributed by atoms with E-state index in [0.717, 1.165) is 30.9 Å². The van der Waals surface area contributed by atoms with Crippen LogP contribution in [0.4, 0.5) is 23.2 Å². The first-order chi connectivity index (χ1) is 15.5. The van der Waals surface area contributed by atoms with Gasteiger partial charge >= 0.3 is 6.18 Å². The number of hydrogen-bond donors (Lipinski definition) is 2. The van der Waals surface area contributed by atoms with Crippen molar-refractivity contribution < 1.29 is 22.4 Å². The molecule has 3 rings (SSSR count). The second-order valence-electron chi connectivity index (χ2n) is 8.50. The Hall–Kier alpha value is -3.18. The smallest absolute Gasteiger partial charge is 0.320 e. The first-order valence-electron chi connectivity index (χ1n) is 10.7. The summed E-state index contributed by atoms with van der Waals surface area (Å²) in [6.07, 6.45) is -1.21. The second-order valence-corrected chi connectivity index (χ2v) is 8.50. The average Bonchev–Trinajstić information content (AvgIpc) is 3.61. The number of halogens is 4. The molecule has 1 aliphatic rings. The zero-order valence-electron chi connectivity index (χ0n) is 18.2. The molecule has 0 aromatic heterocycles. The van der Waals surface area contributed by atoms with E-state index in [-0.39, 0.29) is 11.3 Å². The molecule has 4 nitrogen and oxygen atoms in total. The van der Waals surface area contributed by atoms with E-state index in [1.54, 1.807) is 30.3 Å². The van der Waals surface area contributed by atoms with Gasteiger partial charge in [-0.25, -0.2) is 4.39 Å². The molecule has 33 heavy (non-hydrogen) atoms. The van der Waals surface area contributed by atoms with Crippen molar-refractivity contribution in [2.75, 3.05) is 5.32 Å². The quantitative estimate of drug-likeness (QED) is 0.380. The number of alkyl halides is 3. The molecule has 0 heterocycles. The van der Waals surface area contributed by atoms with Crippen molar-refractivity contribution in [3.8, 4) is 6.07 Å². The van der Waals surface area contributed by atoms with Gasteiger partial charge in [0.05, 0.1) is 29.3 Å². The highest BCUT2D eigenvalue weighted by molar-refractivity contribution is 6.03. The van der Waals surface area contributed by atoms with E-state index in [0.29, 0.717) is 23.5 Å². The highest BCUT2D eigenvalue weighted by atomic mass is 19.4. The SMILES string of the molecule is C/C(=C\CC(F)(F)F)C(=O)Nc1cc(C(N)(CCC2CC2)c2ccc(C#N)cc2)ccc1F. The van der Waals surface area contributed by atoms with Gasteiger partial charge in [-0.2, -0.15) is 18.4 Å². The molecule has 1 saturated carbocycles. The van der Waals surface area contributed by atoms with Gasteiger partial charge < -0.3 is 11.1 Å². The van der Waals surface area contributed by atoms with E-state index in [2.05, 4.69) is 11.4 Å². The van der Waals surface area contributed by atoms with Crippen LogP contribution in [0.3, 0.4) is 0 Å². The molecule has 0 bridgehead atoms. The highest BCUT2D eigenvalue weighted by Crippen LogP contribution is 2.40. The fourth-order valence-electron chi connectivity index (χ4n) is 3.62. The standard InChI is InChI=1S/C25H25F4N3O/c1-16(10-13-25(27,28)29)23(33)32-22-14-20(8-9-21(22)26)24(31,12-11-17-2-3-17)19-6-4-18(15-30)5-7-19/h4-10,14,17H,2-3,11-13,31H2,1H3,(H,32,33)/b16-10+. The predicted molar refractivity (Wildman–Crippen MR) is 118 cm³/mol. The molecule has 3 N–H and O–H groups in total. The summed E-state index contributed by atoms with van der Waals surface area (Å²) in [5, 5.41) is 11.4. The third kappa shape index (κ3) is 6.42. The lowest BCUT2D eigenvalue weighted by Gasteiger charge is -2.31. The van der Waals surface area contributed by atoms with Crippen molar-refractivity contribution in [2.24, 2.45) is 11.7 Å². The second kappa shape index (κ2) is 9.75. The van der Waals surface area contributed by atoms with Gasteiger partial charge in [0.15, 0.2) is 0 Å². The fraction of sp³-hybridized carbons (Fsp3) is 0.360. The van der Waals surface area contributed by atoms with Crippen LogP contribution >= 0.6 is 0 Å². The van der Waals surface area contributed by atoms with Crippen LogP contribution in [0, 0.1) is 23.1 Å². The van der Waals surface area contributed by atoms with Crippen LogP contribution in [0.25, 0.3) is 0 Å². The van der Waals surface area contributed by atoms with Gasteiger partial charge in [-0.05, 0) is 61.1 Å². The molecule has 1 fully saturated rings. The summed E-state index contributed by atoms with van der Waals surface area (Å²) < 4.78 is 51.8. The van der Waals surface area contributed by atoms with Crippen molar-refractivity contribution in [1.82, 2.24) is 0 Å². The number of nitriles is 1. The molecule has 8 heteroatoms.